The molecule has 1 saturated heterocycles. The Morgan fingerprint density at radius 2 is 1.74 bits per heavy atom. The van der Waals surface area contributed by atoms with Gasteiger partial charge in [-0.25, -0.2) is 0 Å². The molecule has 2 aliphatic rings. The summed E-state index contributed by atoms with van der Waals surface area (Å²) in [5.74, 6) is 2.42. The number of carbonyl (C=O) groups excluding carboxylic acids is 1. The molecular formula is C26H32ClNO3. The van der Waals surface area contributed by atoms with E-state index in [1.165, 1.54) is 5.56 Å². The molecule has 0 aromatic heterocycles. The summed E-state index contributed by atoms with van der Waals surface area (Å²) in [7, 11) is 0. The number of halogens is 1. The van der Waals surface area contributed by atoms with E-state index in [9.17, 15) is 4.79 Å². The highest BCUT2D eigenvalue weighted by Gasteiger charge is 2.34. The molecule has 1 heterocycles. The molecule has 1 unspecified atom stereocenters. The van der Waals surface area contributed by atoms with Crippen molar-refractivity contribution in [1.82, 2.24) is 4.90 Å². The van der Waals surface area contributed by atoms with Crippen LogP contribution in [0.15, 0.2) is 36.4 Å². The molecule has 0 bridgehead atoms. The van der Waals surface area contributed by atoms with Gasteiger partial charge in [0.2, 0.25) is 0 Å². The summed E-state index contributed by atoms with van der Waals surface area (Å²) in [5, 5.41) is 0.798. The van der Waals surface area contributed by atoms with Crippen LogP contribution in [0.2, 0.25) is 5.02 Å². The maximum Gasteiger partial charge on any atom is 0.166 e. The number of likely N-dealkylation sites (tertiary alicyclic amines) is 1. The fourth-order valence-corrected chi connectivity index (χ4v) is 5.19. The Morgan fingerprint density at radius 1 is 1.03 bits per heavy atom. The Kier molecular flexibility index (Phi) is 7.19. The Labute approximate surface area is 190 Å². The summed E-state index contributed by atoms with van der Waals surface area (Å²) in [6, 6.07) is 12.0. The molecule has 0 amide bonds. The molecule has 5 heteroatoms. The molecule has 1 atom stereocenters. The Morgan fingerprint density at radius 3 is 2.42 bits per heavy atom. The van der Waals surface area contributed by atoms with Gasteiger partial charge >= 0.3 is 0 Å². The van der Waals surface area contributed by atoms with Gasteiger partial charge in [-0.2, -0.15) is 0 Å². The second-order valence-electron chi connectivity index (χ2n) is 8.67. The topological polar surface area (TPSA) is 38.8 Å². The third-order valence-corrected chi connectivity index (χ3v) is 6.73. The number of benzene rings is 2. The summed E-state index contributed by atoms with van der Waals surface area (Å²) in [5.41, 5.74) is 3.21. The lowest BCUT2D eigenvalue weighted by Crippen LogP contribution is -2.34. The minimum Gasteiger partial charge on any atom is -0.490 e. The van der Waals surface area contributed by atoms with Crippen LogP contribution in [0.5, 0.6) is 11.5 Å². The van der Waals surface area contributed by atoms with Gasteiger partial charge < -0.3 is 9.47 Å². The molecular weight excluding hydrogens is 410 g/mol. The largest absolute Gasteiger partial charge is 0.490 e. The SMILES string of the molecule is CCOc1cc2c(cc1OCC)C(=O)C(CC1CCN(Cc3cccc(Cl)c3)CC1)C2. The van der Waals surface area contributed by atoms with Gasteiger partial charge in [-0.1, -0.05) is 23.7 Å². The number of nitrogens with zero attached hydrogens (tertiary/aromatic N) is 1. The van der Waals surface area contributed by atoms with E-state index in [0.717, 1.165) is 67.2 Å². The van der Waals surface area contributed by atoms with Crippen molar-refractivity contribution in [3.8, 4) is 11.5 Å². The van der Waals surface area contributed by atoms with Crippen molar-refractivity contribution in [1.29, 1.82) is 0 Å². The van der Waals surface area contributed by atoms with E-state index in [1.54, 1.807) is 0 Å². The van der Waals surface area contributed by atoms with Crippen LogP contribution >= 0.6 is 11.6 Å². The first kappa shape index (κ1) is 22.2. The number of ketones is 1. The lowest BCUT2D eigenvalue weighted by Gasteiger charge is -2.33. The average molecular weight is 442 g/mol. The number of rotatable bonds is 8. The Balaban J connectivity index is 1.34. The molecule has 2 aromatic carbocycles. The van der Waals surface area contributed by atoms with E-state index >= 15 is 0 Å². The zero-order chi connectivity index (χ0) is 21.8. The molecule has 1 fully saturated rings. The quantitative estimate of drug-likeness (QED) is 0.519. The zero-order valence-corrected chi connectivity index (χ0v) is 19.3. The highest BCUT2D eigenvalue weighted by Crippen LogP contribution is 2.40. The number of carbonyl (C=O) groups is 1. The van der Waals surface area contributed by atoms with E-state index in [2.05, 4.69) is 17.0 Å². The van der Waals surface area contributed by atoms with Gasteiger partial charge in [0, 0.05) is 23.0 Å². The predicted octanol–water partition coefficient (Wildman–Crippen LogP) is 5.79. The van der Waals surface area contributed by atoms with E-state index < -0.39 is 0 Å². The van der Waals surface area contributed by atoms with Gasteiger partial charge in [0.1, 0.15) is 0 Å². The molecule has 1 aliphatic carbocycles. The van der Waals surface area contributed by atoms with Gasteiger partial charge in [-0.05, 0) is 93.9 Å². The molecule has 0 radical (unpaired) electrons. The van der Waals surface area contributed by atoms with Crippen LogP contribution in [0.25, 0.3) is 0 Å². The standard InChI is InChI=1S/C26H32ClNO3/c1-3-30-24-15-20-14-21(26(29)23(20)16-25(24)31-4-2)12-18-8-10-28(11-9-18)17-19-6-5-7-22(27)13-19/h5-7,13,15-16,18,21H,3-4,8-12,14,17H2,1-2H3. The fraction of sp³-hybridized carbons (Fsp3) is 0.500. The van der Waals surface area contributed by atoms with E-state index in [-0.39, 0.29) is 11.7 Å². The van der Waals surface area contributed by atoms with Gasteiger partial charge in [0.25, 0.3) is 0 Å². The van der Waals surface area contributed by atoms with Crippen molar-refractivity contribution in [3.63, 3.8) is 0 Å². The second-order valence-corrected chi connectivity index (χ2v) is 9.11. The van der Waals surface area contributed by atoms with Crippen molar-refractivity contribution >= 4 is 17.4 Å². The van der Waals surface area contributed by atoms with Crippen molar-refractivity contribution in [2.45, 2.75) is 46.1 Å². The normalized spacial score (nSPS) is 19.5. The molecule has 0 saturated carbocycles. The number of Topliss-reactive ketones (excluding diaryl/α,β-unsaturated/α-hetero) is 1. The van der Waals surface area contributed by atoms with E-state index in [1.807, 2.05) is 38.1 Å². The zero-order valence-electron chi connectivity index (χ0n) is 18.5. The first-order valence-corrected chi connectivity index (χ1v) is 11.9. The summed E-state index contributed by atoms with van der Waals surface area (Å²) >= 11 is 6.12. The summed E-state index contributed by atoms with van der Waals surface area (Å²) in [6.45, 7) is 8.17. The molecule has 0 spiro atoms. The molecule has 166 valence electrons. The monoisotopic (exact) mass is 441 g/mol. The Hall–Kier alpha value is -2.04. The fourth-order valence-electron chi connectivity index (χ4n) is 4.98. The number of piperidine rings is 1. The molecule has 2 aromatic rings. The predicted molar refractivity (Wildman–Crippen MR) is 124 cm³/mol. The van der Waals surface area contributed by atoms with E-state index in [4.69, 9.17) is 21.1 Å². The van der Waals surface area contributed by atoms with Crippen LogP contribution in [-0.4, -0.2) is 37.0 Å². The molecule has 4 rings (SSSR count). The highest BCUT2D eigenvalue weighted by atomic mass is 35.5. The summed E-state index contributed by atoms with van der Waals surface area (Å²) < 4.78 is 11.5. The minimum atomic E-state index is 0.0887. The summed E-state index contributed by atoms with van der Waals surface area (Å²) in [4.78, 5) is 15.6. The van der Waals surface area contributed by atoms with Crippen LogP contribution in [-0.2, 0) is 13.0 Å². The lowest BCUT2D eigenvalue weighted by atomic mass is 9.85. The van der Waals surface area contributed by atoms with Crippen molar-refractivity contribution in [2.75, 3.05) is 26.3 Å². The van der Waals surface area contributed by atoms with Crippen LogP contribution in [0.4, 0.5) is 0 Å². The first-order valence-electron chi connectivity index (χ1n) is 11.5. The first-order chi connectivity index (χ1) is 15.1. The van der Waals surface area contributed by atoms with Crippen LogP contribution in [0, 0.1) is 11.8 Å². The molecule has 1 aliphatic heterocycles. The average Bonchev–Trinajstić information content (AvgIpc) is 3.05. The number of fused-ring (bicyclic) bond motifs is 1. The number of ether oxygens (including phenoxy) is 2. The second kappa shape index (κ2) is 10.1. The maximum atomic E-state index is 13.1. The van der Waals surface area contributed by atoms with Crippen LogP contribution < -0.4 is 9.47 Å². The van der Waals surface area contributed by atoms with Crippen molar-refractivity contribution < 1.29 is 14.3 Å². The van der Waals surface area contributed by atoms with Crippen LogP contribution in [0.3, 0.4) is 0 Å². The van der Waals surface area contributed by atoms with Gasteiger partial charge in [0.15, 0.2) is 17.3 Å². The van der Waals surface area contributed by atoms with Crippen molar-refractivity contribution in [2.24, 2.45) is 11.8 Å². The van der Waals surface area contributed by atoms with Crippen molar-refractivity contribution in [3.05, 3.63) is 58.1 Å². The van der Waals surface area contributed by atoms with Gasteiger partial charge in [-0.15, -0.1) is 0 Å². The lowest BCUT2D eigenvalue weighted by molar-refractivity contribution is 0.0895. The van der Waals surface area contributed by atoms with E-state index in [0.29, 0.717) is 24.9 Å². The molecule has 0 N–H and O–H groups in total. The third kappa shape index (κ3) is 5.24. The molecule has 31 heavy (non-hydrogen) atoms. The third-order valence-electron chi connectivity index (χ3n) is 6.49. The molecule has 4 nitrogen and oxygen atoms in total. The Bertz CT molecular complexity index is 921. The van der Waals surface area contributed by atoms with Crippen LogP contribution in [0.1, 0.15) is 54.6 Å². The minimum absolute atomic E-state index is 0.0887. The van der Waals surface area contributed by atoms with Gasteiger partial charge in [-0.3, -0.25) is 9.69 Å². The highest BCUT2D eigenvalue weighted by molar-refractivity contribution is 6.30. The smallest absolute Gasteiger partial charge is 0.166 e. The number of hydrogen-bond acceptors (Lipinski definition) is 4. The number of hydrogen-bond donors (Lipinski definition) is 0. The maximum absolute atomic E-state index is 13.1. The summed E-state index contributed by atoms with van der Waals surface area (Å²) in [6.07, 6.45) is 4.10. The van der Waals surface area contributed by atoms with Gasteiger partial charge in [0.05, 0.1) is 13.2 Å².